The van der Waals surface area contributed by atoms with Gasteiger partial charge in [0, 0.05) is 25.7 Å². The van der Waals surface area contributed by atoms with Crippen molar-refractivity contribution in [2.75, 3.05) is 39.6 Å². The zero-order valence-electron chi connectivity index (χ0n) is 55.6. The van der Waals surface area contributed by atoms with Crippen molar-refractivity contribution >= 4 is 39.5 Å². The molecule has 0 saturated carbocycles. The van der Waals surface area contributed by atoms with Gasteiger partial charge in [0.2, 0.25) is 0 Å². The van der Waals surface area contributed by atoms with Crippen LogP contribution in [-0.4, -0.2) is 96.7 Å². The molecule has 0 aromatic heterocycles. The summed E-state index contributed by atoms with van der Waals surface area (Å²) in [4.78, 5) is 72.1. The molecule has 0 aromatic rings. The van der Waals surface area contributed by atoms with Crippen LogP contribution in [0.2, 0.25) is 0 Å². The molecule has 6 atom stereocenters. The van der Waals surface area contributed by atoms with E-state index in [9.17, 15) is 43.2 Å². The highest BCUT2D eigenvalue weighted by Crippen LogP contribution is 2.45. The Hall–Kier alpha value is -1.94. The van der Waals surface area contributed by atoms with Crippen LogP contribution in [0.25, 0.3) is 0 Å². The lowest BCUT2D eigenvalue weighted by Gasteiger charge is -2.21. The fourth-order valence-electron chi connectivity index (χ4n) is 10.0. The Bertz CT molecular complexity index is 1690. The van der Waals surface area contributed by atoms with Gasteiger partial charge in [-0.25, -0.2) is 9.13 Å². The topological polar surface area (TPSA) is 237 Å². The Morgan fingerprint density at radius 3 is 0.884 bits per heavy atom. The van der Waals surface area contributed by atoms with Gasteiger partial charge in [0.25, 0.3) is 0 Å². The molecule has 0 amide bonds. The molecular formula is C67H130O17P2. The molecule has 0 aliphatic carbocycles. The Morgan fingerprint density at radius 2 is 0.593 bits per heavy atom. The number of aliphatic hydroxyl groups is 1. The van der Waals surface area contributed by atoms with Crippen LogP contribution in [-0.2, 0) is 65.4 Å². The number of ether oxygens (including phenoxy) is 4. The van der Waals surface area contributed by atoms with E-state index in [1.54, 1.807) is 0 Å². The number of carbonyl (C=O) groups excluding carboxylic acids is 4. The molecule has 0 aliphatic heterocycles. The molecule has 3 unspecified atom stereocenters. The van der Waals surface area contributed by atoms with Crippen molar-refractivity contribution in [1.82, 2.24) is 0 Å². The van der Waals surface area contributed by atoms with Gasteiger partial charge in [0.1, 0.15) is 19.3 Å². The van der Waals surface area contributed by atoms with Crippen LogP contribution >= 0.6 is 15.6 Å². The van der Waals surface area contributed by atoms with Crippen LogP contribution in [0.15, 0.2) is 0 Å². The molecule has 0 saturated heterocycles. The van der Waals surface area contributed by atoms with E-state index < -0.39 is 97.5 Å². The van der Waals surface area contributed by atoms with E-state index in [1.807, 2.05) is 0 Å². The van der Waals surface area contributed by atoms with Crippen molar-refractivity contribution in [3.63, 3.8) is 0 Å². The summed E-state index contributed by atoms with van der Waals surface area (Å²) in [5, 5.41) is 10.5. The predicted octanol–water partition coefficient (Wildman–Crippen LogP) is 18.8. The van der Waals surface area contributed by atoms with E-state index in [4.69, 9.17) is 37.0 Å². The first-order valence-corrected chi connectivity index (χ1v) is 38.0. The van der Waals surface area contributed by atoms with E-state index in [0.717, 1.165) is 108 Å². The van der Waals surface area contributed by atoms with Gasteiger partial charge >= 0.3 is 39.5 Å². The SMILES string of the molecule is CCCCCCCCCCCCCCCCCCCC(=O)O[C@H](COC(=O)CCCCCCCCCCCC(C)C)COP(=O)(O)OC[C@@H](O)COP(=O)(O)OC[C@@H](COC(=O)CCCCCCC)OC(=O)CCCCCCCCCCC(C)CC. The zero-order chi connectivity index (χ0) is 63.6. The highest BCUT2D eigenvalue weighted by molar-refractivity contribution is 7.47. The normalized spacial score (nSPS) is 14.5. The molecular weight excluding hydrogens is 1140 g/mol. The number of rotatable bonds is 66. The van der Waals surface area contributed by atoms with Gasteiger partial charge in [-0.05, 0) is 37.5 Å². The van der Waals surface area contributed by atoms with Gasteiger partial charge in [0.15, 0.2) is 12.2 Å². The molecule has 3 N–H and O–H groups in total. The number of esters is 4. The maximum absolute atomic E-state index is 13.0. The molecule has 0 radical (unpaired) electrons. The summed E-state index contributed by atoms with van der Waals surface area (Å²) in [6.07, 6.45) is 43.4. The fourth-order valence-corrected chi connectivity index (χ4v) is 11.6. The molecule has 0 spiro atoms. The molecule has 0 aromatic carbocycles. The summed E-state index contributed by atoms with van der Waals surface area (Å²) in [6.45, 7) is 9.41. The van der Waals surface area contributed by atoms with Crippen molar-refractivity contribution in [3.8, 4) is 0 Å². The Morgan fingerprint density at radius 1 is 0.337 bits per heavy atom. The maximum atomic E-state index is 13.0. The van der Waals surface area contributed by atoms with E-state index in [0.29, 0.717) is 25.7 Å². The molecule has 0 bridgehead atoms. The minimum atomic E-state index is -4.95. The van der Waals surface area contributed by atoms with Gasteiger partial charge in [0.05, 0.1) is 26.4 Å². The second-order valence-corrected chi connectivity index (χ2v) is 27.8. The van der Waals surface area contributed by atoms with Crippen LogP contribution < -0.4 is 0 Å². The van der Waals surface area contributed by atoms with Crippen LogP contribution in [0.5, 0.6) is 0 Å². The molecule has 17 nitrogen and oxygen atoms in total. The maximum Gasteiger partial charge on any atom is 0.472 e. The standard InChI is InChI=1S/C67H130O17P2/c1-7-10-12-14-15-16-17-18-19-20-21-22-23-26-33-39-45-51-66(71)84-63(56-78-65(70)50-44-38-32-27-24-25-30-36-41-47-59(4)5)58-82-86(75,76)80-54-61(68)53-79-85(73,74)81-57-62(55-77-64(69)49-43-35-13-11-8-2)83-67(72)52-46-40-34-29-28-31-37-42-48-60(6)9-3/h59-63,68H,7-58H2,1-6H3,(H,73,74)(H,75,76)/t60?,61-,62+,63+/m0/s1. The van der Waals surface area contributed by atoms with Crippen LogP contribution in [0, 0.1) is 11.8 Å². The smallest absolute Gasteiger partial charge is 0.462 e. The lowest BCUT2D eigenvalue weighted by molar-refractivity contribution is -0.161. The lowest BCUT2D eigenvalue weighted by atomic mass is 9.99. The lowest BCUT2D eigenvalue weighted by Crippen LogP contribution is -2.30. The molecule has 19 heteroatoms. The van der Waals surface area contributed by atoms with Crippen molar-refractivity contribution in [3.05, 3.63) is 0 Å². The van der Waals surface area contributed by atoms with Gasteiger partial charge in [-0.1, -0.05) is 286 Å². The zero-order valence-corrected chi connectivity index (χ0v) is 57.4. The van der Waals surface area contributed by atoms with Gasteiger partial charge in [-0.3, -0.25) is 37.3 Å². The Labute approximate surface area is 524 Å². The van der Waals surface area contributed by atoms with Crippen LogP contribution in [0.1, 0.15) is 337 Å². The van der Waals surface area contributed by atoms with Crippen molar-refractivity contribution in [2.45, 2.75) is 355 Å². The summed E-state index contributed by atoms with van der Waals surface area (Å²) in [5.74, 6) is -0.627. The molecule has 510 valence electrons. The second kappa shape index (κ2) is 59.4. The minimum Gasteiger partial charge on any atom is -0.462 e. The predicted molar refractivity (Wildman–Crippen MR) is 345 cm³/mol. The summed E-state index contributed by atoms with van der Waals surface area (Å²) in [6, 6.07) is 0. The third-order valence-corrected chi connectivity index (χ3v) is 17.7. The third-order valence-electron chi connectivity index (χ3n) is 15.8. The monoisotopic (exact) mass is 1270 g/mol. The summed E-state index contributed by atoms with van der Waals surface area (Å²) in [7, 11) is -9.89. The first-order valence-electron chi connectivity index (χ1n) is 35.0. The summed E-state index contributed by atoms with van der Waals surface area (Å²) < 4.78 is 68.0. The number of aliphatic hydroxyl groups excluding tert-OH is 1. The number of phosphoric ester groups is 2. The first-order chi connectivity index (χ1) is 41.4. The highest BCUT2D eigenvalue weighted by atomic mass is 31.2. The highest BCUT2D eigenvalue weighted by Gasteiger charge is 2.30. The van der Waals surface area contributed by atoms with Gasteiger partial charge in [-0.15, -0.1) is 0 Å². The summed E-state index contributed by atoms with van der Waals surface area (Å²) in [5.41, 5.74) is 0. The molecule has 0 aliphatic rings. The largest absolute Gasteiger partial charge is 0.472 e. The second-order valence-electron chi connectivity index (χ2n) is 24.9. The number of hydrogen-bond donors (Lipinski definition) is 3. The van der Waals surface area contributed by atoms with Crippen molar-refractivity contribution < 1.29 is 80.2 Å². The van der Waals surface area contributed by atoms with Crippen LogP contribution in [0.3, 0.4) is 0 Å². The average Bonchev–Trinajstić information content (AvgIpc) is 3.54. The van der Waals surface area contributed by atoms with Crippen molar-refractivity contribution in [2.24, 2.45) is 11.8 Å². The fraction of sp³-hybridized carbons (Fsp3) is 0.940. The molecule has 0 heterocycles. The summed E-state index contributed by atoms with van der Waals surface area (Å²) >= 11 is 0. The molecule has 0 fully saturated rings. The first kappa shape index (κ1) is 84.1. The van der Waals surface area contributed by atoms with E-state index in [-0.39, 0.29) is 25.7 Å². The number of carbonyl (C=O) groups is 4. The van der Waals surface area contributed by atoms with E-state index >= 15 is 0 Å². The quantitative estimate of drug-likeness (QED) is 0.0222. The number of unbranched alkanes of at least 4 members (excludes halogenated alkanes) is 35. The number of phosphoric acid groups is 2. The molecule has 86 heavy (non-hydrogen) atoms. The van der Waals surface area contributed by atoms with Crippen molar-refractivity contribution in [1.29, 1.82) is 0 Å². The van der Waals surface area contributed by atoms with Gasteiger partial charge in [-0.2, -0.15) is 0 Å². The van der Waals surface area contributed by atoms with Crippen LogP contribution in [0.4, 0.5) is 0 Å². The van der Waals surface area contributed by atoms with Gasteiger partial charge < -0.3 is 33.8 Å². The Balaban J connectivity index is 5.16. The van der Waals surface area contributed by atoms with E-state index in [1.165, 1.54) is 148 Å². The van der Waals surface area contributed by atoms with E-state index in [2.05, 4.69) is 41.5 Å². The molecule has 0 rings (SSSR count). The number of hydrogen-bond acceptors (Lipinski definition) is 15. The average molecular weight is 1270 g/mol. The third kappa shape index (κ3) is 59.7. The Kier molecular flexibility index (Phi) is 58.0. The minimum absolute atomic E-state index is 0.104.